The molecule has 114 valence electrons. The average Bonchev–Trinajstić information content (AvgIpc) is 2.55. The third-order valence-electron chi connectivity index (χ3n) is 4.13. The van der Waals surface area contributed by atoms with Crippen LogP contribution < -0.4 is 4.90 Å². The number of nitrogens with zero attached hydrogens (tertiary/aromatic N) is 3. The lowest BCUT2D eigenvalue weighted by molar-refractivity contribution is -0.135. The van der Waals surface area contributed by atoms with Gasteiger partial charge in [-0.25, -0.2) is 4.98 Å². The minimum Gasteiger partial charge on any atom is -0.355 e. The van der Waals surface area contributed by atoms with Crippen molar-refractivity contribution in [2.45, 2.75) is 12.8 Å². The number of amides is 1. The Morgan fingerprint density at radius 2 is 2.14 bits per heavy atom. The van der Waals surface area contributed by atoms with Gasteiger partial charge in [0.2, 0.25) is 5.91 Å². The Labute approximate surface area is 138 Å². The Morgan fingerprint density at radius 3 is 2.90 bits per heavy atom. The number of halogens is 1. The molecule has 1 unspecified atom stereocenters. The lowest BCUT2D eigenvalue weighted by atomic mass is 9.96. The van der Waals surface area contributed by atoms with E-state index in [9.17, 15) is 4.79 Å². The number of rotatable bonds is 2. The predicted octanol–water partition coefficient (Wildman–Crippen LogP) is 2.64. The van der Waals surface area contributed by atoms with E-state index in [-0.39, 0.29) is 5.92 Å². The molecule has 2 fully saturated rings. The van der Waals surface area contributed by atoms with Crippen molar-refractivity contribution in [1.82, 2.24) is 9.88 Å². The lowest BCUT2D eigenvalue weighted by Gasteiger charge is -2.36. The van der Waals surface area contributed by atoms with Crippen LogP contribution in [0.25, 0.3) is 0 Å². The van der Waals surface area contributed by atoms with Crippen molar-refractivity contribution in [3.05, 3.63) is 22.8 Å². The number of hydrogen-bond donors (Lipinski definition) is 0. The van der Waals surface area contributed by atoms with Crippen LogP contribution in [0.5, 0.6) is 0 Å². The van der Waals surface area contributed by atoms with Gasteiger partial charge in [-0.1, -0.05) is 0 Å². The molecule has 0 aromatic carbocycles. The Balaban J connectivity index is 1.68. The summed E-state index contributed by atoms with van der Waals surface area (Å²) in [6, 6.07) is 3.93. The SMILES string of the molecule is O=C(C1CCCN(c2ncccc2Br)C1)N1CCSCC1. The van der Waals surface area contributed by atoms with Crippen LogP contribution in [0.15, 0.2) is 22.8 Å². The largest absolute Gasteiger partial charge is 0.355 e. The second-order valence-electron chi connectivity index (χ2n) is 5.53. The summed E-state index contributed by atoms with van der Waals surface area (Å²) < 4.78 is 1.01. The molecule has 21 heavy (non-hydrogen) atoms. The van der Waals surface area contributed by atoms with Crippen LogP contribution in [-0.2, 0) is 4.79 Å². The summed E-state index contributed by atoms with van der Waals surface area (Å²) in [6.07, 6.45) is 3.87. The average molecular weight is 370 g/mol. The molecule has 0 bridgehead atoms. The smallest absolute Gasteiger partial charge is 0.227 e. The van der Waals surface area contributed by atoms with Gasteiger partial charge >= 0.3 is 0 Å². The molecule has 1 aromatic rings. The van der Waals surface area contributed by atoms with Gasteiger partial charge in [-0.3, -0.25) is 4.79 Å². The molecule has 2 aliphatic heterocycles. The molecular weight excluding hydrogens is 350 g/mol. The number of piperidine rings is 1. The first-order chi connectivity index (χ1) is 10.3. The Morgan fingerprint density at radius 1 is 1.33 bits per heavy atom. The Kier molecular flexibility index (Phi) is 5.06. The quantitative estimate of drug-likeness (QED) is 0.802. The van der Waals surface area contributed by atoms with E-state index in [1.54, 1.807) is 0 Å². The maximum absolute atomic E-state index is 12.7. The monoisotopic (exact) mass is 369 g/mol. The van der Waals surface area contributed by atoms with E-state index in [4.69, 9.17) is 0 Å². The summed E-state index contributed by atoms with van der Waals surface area (Å²) in [5.41, 5.74) is 0. The van der Waals surface area contributed by atoms with Crippen molar-refractivity contribution in [2.75, 3.05) is 42.6 Å². The molecule has 2 aliphatic rings. The van der Waals surface area contributed by atoms with Gasteiger partial charge in [0, 0.05) is 43.9 Å². The van der Waals surface area contributed by atoms with E-state index in [1.165, 1.54) is 0 Å². The first kappa shape index (κ1) is 15.2. The number of carbonyl (C=O) groups excluding carboxylic acids is 1. The summed E-state index contributed by atoms with van der Waals surface area (Å²) in [6.45, 7) is 3.59. The molecule has 0 N–H and O–H groups in total. The fourth-order valence-electron chi connectivity index (χ4n) is 3.02. The minimum absolute atomic E-state index is 0.121. The molecule has 1 atom stereocenters. The third-order valence-corrected chi connectivity index (χ3v) is 5.69. The molecule has 2 saturated heterocycles. The van der Waals surface area contributed by atoms with Gasteiger partial charge < -0.3 is 9.80 Å². The van der Waals surface area contributed by atoms with Crippen molar-refractivity contribution in [2.24, 2.45) is 5.92 Å². The number of carbonyl (C=O) groups is 1. The van der Waals surface area contributed by atoms with Crippen molar-refractivity contribution >= 4 is 39.4 Å². The Bertz CT molecular complexity index is 507. The van der Waals surface area contributed by atoms with Crippen LogP contribution in [0.2, 0.25) is 0 Å². The topological polar surface area (TPSA) is 36.4 Å². The Hall–Kier alpha value is -0.750. The van der Waals surface area contributed by atoms with Gasteiger partial charge in [-0.05, 0) is 40.9 Å². The van der Waals surface area contributed by atoms with Gasteiger partial charge in [0.05, 0.1) is 10.4 Å². The highest BCUT2D eigenvalue weighted by atomic mass is 79.9. The van der Waals surface area contributed by atoms with E-state index in [0.717, 1.165) is 60.8 Å². The first-order valence-corrected chi connectivity index (χ1v) is 9.42. The molecule has 4 nitrogen and oxygen atoms in total. The number of aromatic nitrogens is 1. The molecule has 3 heterocycles. The van der Waals surface area contributed by atoms with Gasteiger partial charge in [0.15, 0.2) is 0 Å². The molecule has 1 amide bonds. The third kappa shape index (κ3) is 3.54. The number of hydrogen-bond acceptors (Lipinski definition) is 4. The zero-order valence-corrected chi connectivity index (χ0v) is 14.4. The predicted molar refractivity (Wildman–Crippen MR) is 90.8 cm³/mol. The molecule has 0 aliphatic carbocycles. The molecular formula is C15H20BrN3OS. The van der Waals surface area contributed by atoms with Crippen LogP contribution in [0.1, 0.15) is 12.8 Å². The van der Waals surface area contributed by atoms with Gasteiger partial charge in [0.25, 0.3) is 0 Å². The maximum atomic E-state index is 12.7. The second-order valence-corrected chi connectivity index (χ2v) is 7.61. The number of thioether (sulfide) groups is 1. The molecule has 6 heteroatoms. The normalized spacial score (nSPS) is 23.2. The lowest BCUT2D eigenvalue weighted by Crippen LogP contribution is -2.47. The highest BCUT2D eigenvalue weighted by Gasteiger charge is 2.30. The summed E-state index contributed by atoms with van der Waals surface area (Å²) >= 11 is 5.50. The zero-order chi connectivity index (χ0) is 14.7. The minimum atomic E-state index is 0.121. The van der Waals surface area contributed by atoms with E-state index >= 15 is 0 Å². The fraction of sp³-hybridized carbons (Fsp3) is 0.600. The van der Waals surface area contributed by atoms with Crippen LogP contribution in [0.3, 0.4) is 0 Å². The second kappa shape index (κ2) is 7.01. The molecule has 1 aromatic heterocycles. The van der Waals surface area contributed by atoms with E-state index in [0.29, 0.717) is 5.91 Å². The van der Waals surface area contributed by atoms with Gasteiger partial charge in [-0.15, -0.1) is 0 Å². The molecule has 0 radical (unpaired) electrons. The van der Waals surface area contributed by atoms with Crippen molar-refractivity contribution in [1.29, 1.82) is 0 Å². The van der Waals surface area contributed by atoms with Crippen LogP contribution in [0.4, 0.5) is 5.82 Å². The van der Waals surface area contributed by atoms with Crippen molar-refractivity contribution < 1.29 is 4.79 Å². The summed E-state index contributed by atoms with van der Waals surface area (Å²) in [5, 5.41) is 0. The molecule has 0 spiro atoms. The van der Waals surface area contributed by atoms with Gasteiger partial charge in [-0.2, -0.15) is 11.8 Å². The van der Waals surface area contributed by atoms with Crippen LogP contribution >= 0.6 is 27.7 Å². The van der Waals surface area contributed by atoms with E-state index in [1.807, 2.05) is 30.1 Å². The van der Waals surface area contributed by atoms with Crippen LogP contribution in [-0.4, -0.2) is 53.5 Å². The standard InChI is InChI=1S/C15H20BrN3OS/c16-13-4-1-5-17-14(13)19-6-2-3-12(11-19)15(20)18-7-9-21-10-8-18/h1,4-5,12H,2-3,6-11H2. The fourth-order valence-corrected chi connectivity index (χ4v) is 4.43. The van der Waals surface area contributed by atoms with E-state index < -0.39 is 0 Å². The zero-order valence-electron chi connectivity index (χ0n) is 12.0. The van der Waals surface area contributed by atoms with Crippen molar-refractivity contribution in [3.8, 4) is 0 Å². The van der Waals surface area contributed by atoms with Gasteiger partial charge in [0.1, 0.15) is 5.82 Å². The van der Waals surface area contributed by atoms with Crippen molar-refractivity contribution in [3.63, 3.8) is 0 Å². The summed E-state index contributed by atoms with van der Waals surface area (Å²) in [7, 11) is 0. The van der Waals surface area contributed by atoms with Crippen LogP contribution in [0, 0.1) is 5.92 Å². The summed E-state index contributed by atoms with van der Waals surface area (Å²) in [5.74, 6) is 3.58. The highest BCUT2D eigenvalue weighted by Crippen LogP contribution is 2.28. The summed E-state index contributed by atoms with van der Waals surface area (Å²) in [4.78, 5) is 21.4. The number of anilines is 1. The highest BCUT2D eigenvalue weighted by molar-refractivity contribution is 9.10. The molecule has 0 saturated carbocycles. The molecule has 3 rings (SSSR count). The van der Waals surface area contributed by atoms with E-state index in [2.05, 4.69) is 30.7 Å². The maximum Gasteiger partial charge on any atom is 0.227 e. The number of pyridine rings is 1. The first-order valence-electron chi connectivity index (χ1n) is 7.47.